The van der Waals surface area contributed by atoms with Crippen LogP contribution in [0.25, 0.3) is 22.8 Å². The molecule has 4 rings (SSSR count). The van der Waals surface area contributed by atoms with Crippen LogP contribution >= 0.6 is 0 Å². The number of oxazole rings is 1. The second kappa shape index (κ2) is 9.88. The Hall–Kier alpha value is -3.98. The maximum absolute atomic E-state index is 14.1. The zero-order valence-corrected chi connectivity index (χ0v) is 19.0. The van der Waals surface area contributed by atoms with Gasteiger partial charge < -0.3 is 14.5 Å². The predicted octanol–water partition coefficient (Wildman–Crippen LogP) is 4.82. The molecule has 1 aromatic heterocycles. The van der Waals surface area contributed by atoms with Crippen LogP contribution in [0.4, 0.5) is 10.1 Å². The maximum Gasteiger partial charge on any atom is 0.256 e. The number of benzene rings is 3. The number of rotatable bonds is 8. The Bertz CT molecular complexity index is 1430. The summed E-state index contributed by atoms with van der Waals surface area (Å²) < 4.78 is 47.9. The van der Waals surface area contributed by atoms with E-state index in [0.29, 0.717) is 22.6 Å². The molecule has 0 saturated carbocycles. The van der Waals surface area contributed by atoms with Crippen molar-refractivity contribution in [2.45, 2.75) is 0 Å². The standard InChI is InChI=1S/C25H21FN2O5S/c1-34(30,31)14-13-32-18-8-6-7-17(15-18)28-24(29)19-9-2-3-10-20(19)25-27-16-23(33-25)21-11-4-5-12-22(21)26/h2-12,15-16H,13-14H2,1H3,(H,28,29). The van der Waals surface area contributed by atoms with E-state index in [1.807, 2.05) is 0 Å². The van der Waals surface area contributed by atoms with Crippen LogP contribution in [0.15, 0.2) is 83.4 Å². The highest BCUT2D eigenvalue weighted by Gasteiger charge is 2.18. The van der Waals surface area contributed by atoms with Crippen molar-refractivity contribution in [3.63, 3.8) is 0 Å². The van der Waals surface area contributed by atoms with Gasteiger partial charge in [0.15, 0.2) is 15.6 Å². The maximum atomic E-state index is 14.1. The molecule has 0 fully saturated rings. The molecule has 1 amide bonds. The summed E-state index contributed by atoms with van der Waals surface area (Å²) in [6, 6.07) is 19.6. The summed E-state index contributed by atoms with van der Waals surface area (Å²) in [5, 5.41) is 2.80. The van der Waals surface area contributed by atoms with Gasteiger partial charge >= 0.3 is 0 Å². The number of halogens is 1. The van der Waals surface area contributed by atoms with Gasteiger partial charge in [-0.3, -0.25) is 4.79 Å². The molecule has 3 aromatic carbocycles. The molecule has 0 bridgehead atoms. The second-order valence-corrected chi connectivity index (χ2v) is 9.78. The zero-order chi connectivity index (χ0) is 24.1. The molecular weight excluding hydrogens is 459 g/mol. The molecule has 1 heterocycles. The molecule has 174 valence electrons. The van der Waals surface area contributed by atoms with E-state index in [4.69, 9.17) is 9.15 Å². The fourth-order valence-electron chi connectivity index (χ4n) is 3.22. The number of anilines is 1. The van der Waals surface area contributed by atoms with Gasteiger partial charge in [-0.15, -0.1) is 0 Å². The van der Waals surface area contributed by atoms with Gasteiger partial charge in [0.2, 0.25) is 5.89 Å². The first kappa shape index (κ1) is 23.2. The Balaban J connectivity index is 1.53. The molecule has 0 spiro atoms. The first-order chi connectivity index (χ1) is 16.3. The zero-order valence-electron chi connectivity index (χ0n) is 18.2. The van der Waals surface area contributed by atoms with Crippen LogP contribution in [-0.4, -0.2) is 37.9 Å². The molecular formula is C25H21FN2O5S. The molecule has 0 aliphatic rings. The van der Waals surface area contributed by atoms with Gasteiger partial charge in [-0.2, -0.15) is 0 Å². The van der Waals surface area contributed by atoms with E-state index in [9.17, 15) is 17.6 Å². The van der Waals surface area contributed by atoms with Crippen molar-refractivity contribution >= 4 is 21.4 Å². The third-order valence-electron chi connectivity index (χ3n) is 4.86. The highest BCUT2D eigenvalue weighted by Crippen LogP contribution is 2.30. The third kappa shape index (κ3) is 5.68. The summed E-state index contributed by atoms with van der Waals surface area (Å²) in [5.41, 5.74) is 1.50. The summed E-state index contributed by atoms with van der Waals surface area (Å²) in [6.07, 6.45) is 2.55. The van der Waals surface area contributed by atoms with Crippen LogP contribution in [0.1, 0.15) is 10.4 Å². The molecule has 0 unspecified atom stereocenters. The van der Waals surface area contributed by atoms with E-state index in [-0.39, 0.29) is 29.6 Å². The molecule has 0 aliphatic carbocycles. The van der Waals surface area contributed by atoms with E-state index in [0.717, 1.165) is 6.26 Å². The monoisotopic (exact) mass is 480 g/mol. The summed E-state index contributed by atoms with van der Waals surface area (Å²) in [6.45, 7) is 0.00751. The fraction of sp³-hybridized carbons (Fsp3) is 0.120. The quantitative estimate of drug-likeness (QED) is 0.388. The van der Waals surface area contributed by atoms with Crippen molar-refractivity contribution in [1.29, 1.82) is 0 Å². The van der Waals surface area contributed by atoms with Gasteiger partial charge in [0, 0.05) is 23.6 Å². The van der Waals surface area contributed by atoms with Gasteiger partial charge in [0.1, 0.15) is 18.2 Å². The lowest BCUT2D eigenvalue weighted by Gasteiger charge is -2.10. The molecule has 0 aliphatic heterocycles. The number of amides is 1. The lowest BCUT2D eigenvalue weighted by molar-refractivity contribution is 0.102. The van der Waals surface area contributed by atoms with Crippen LogP contribution < -0.4 is 10.1 Å². The van der Waals surface area contributed by atoms with Gasteiger partial charge in [-0.05, 0) is 36.4 Å². The van der Waals surface area contributed by atoms with Crippen LogP contribution in [0.5, 0.6) is 5.75 Å². The van der Waals surface area contributed by atoms with E-state index in [1.54, 1.807) is 66.7 Å². The molecule has 0 radical (unpaired) electrons. The fourth-order valence-corrected chi connectivity index (χ4v) is 3.61. The van der Waals surface area contributed by atoms with E-state index < -0.39 is 21.6 Å². The Morgan fingerprint density at radius 3 is 2.53 bits per heavy atom. The average Bonchev–Trinajstić information content (AvgIpc) is 3.29. The predicted molar refractivity (Wildman–Crippen MR) is 127 cm³/mol. The first-order valence-corrected chi connectivity index (χ1v) is 12.4. The van der Waals surface area contributed by atoms with Crippen molar-refractivity contribution in [1.82, 2.24) is 4.98 Å². The molecule has 7 nitrogen and oxygen atoms in total. The Labute approximate surface area is 196 Å². The smallest absolute Gasteiger partial charge is 0.256 e. The van der Waals surface area contributed by atoms with Crippen LogP contribution in [-0.2, 0) is 9.84 Å². The number of aromatic nitrogens is 1. The lowest BCUT2D eigenvalue weighted by Crippen LogP contribution is -2.14. The van der Waals surface area contributed by atoms with E-state index in [2.05, 4.69) is 10.3 Å². The number of hydrogen-bond donors (Lipinski definition) is 1. The highest BCUT2D eigenvalue weighted by atomic mass is 32.2. The van der Waals surface area contributed by atoms with Gasteiger partial charge in [-0.25, -0.2) is 17.8 Å². The number of carbonyl (C=O) groups is 1. The number of ether oxygens (including phenoxy) is 1. The van der Waals surface area contributed by atoms with Gasteiger partial charge in [0.25, 0.3) is 5.91 Å². The largest absolute Gasteiger partial charge is 0.492 e. The SMILES string of the molecule is CS(=O)(=O)CCOc1cccc(NC(=O)c2ccccc2-c2ncc(-c3ccccc3F)o2)c1. The molecule has 1 N–H and O–H groups in total. The number of sulfone groups is 1. The normalized spacial score (nSPS) is 11.2. The Morgan fingerprint density at radius 1 is 1.03 bits per heavy atom. The van der Waals surface area contributed by atoms with Crippen LogP contribution in [0.3, 0.4) is 0 Å². The molecule has 9 heteroatoms. The number of nitrogens with zero attached hydrogens (tertiary/aromatic N) is 1. The molecule has 34 heavy (non-hydrogen) atoms. The summed E-state index contributed by atoms with van der Waals surface area (Å²) in [5.74, 6) is -0.0902. The van der Waals surface area contributed by atoms with E-state index in [1.165, 1.54) is 12.3 Å². The third-order valence-corrected chi connectivity index (χ3v) is 5.77. The van der Waals surface area contributed by atoms with Gasteiger partial charge in [0.05, 0.1) is 23.1 Å². The average molecular weight is 481 g/mol. The first-order valence-electron chi connectivity index (χ1n) is 10.3. The molecule has 0 saturated heterocycles. The number of hydrogen-bond acceptors (Lipinski definition) is 6. The van der Waals surface area contributed by atoms with Crippen molar-refractivity contribution in [3.05, 3.63) is 90.4 Å². The topological polar surface area (TPSA) is 98.5 Å². The van der Waals surface area contributed by atoms with Crippen LogP contribution in [0.2, 0.25) is 0 Å². The summed E-state index contributed by atoms with van der Waals surface area (Å²) in [7, 11) is -3.14. The van der Waals surface area contributed by atoms with Gasteiger partial charge in [-0.1, -0.05) is 30.3 Å². The van der Waals surface area contributed by atoms with E-state index >= 15 is 0 Å². The number of nitrogens with one attached hydrogen (secondary N) is 1. The summed E-state index contributed by atoms with van der Waals surface area (Å²) >= 11 is 0. The number of carbonyl (C=O) groups excluding carboxylic acids is 1. The van der Waals surface area contributed by atoms with Crippen molar-refractivity contribution in [3.8, 4) is 28.5 Å². The Morgan fingerprint density at radius 2 is 1.76 bits per heavy atom. The molecule has 0 atom stereocenters. The van der Waals surface area contributed by atoms with Crippen LogP contribution in [0, 0.1) is 5.82 Å². The van der Waals surface area contributed by atoms with Crippen molar-refractivity contribution in [2.75, 3.05) is 23.9 Å². The minimum Gasteiger partial charge on any atom is -0.492 e. The summed E-state index contributed by atoms with van der Waals surface area (Å²) in [4.78, 5) is 17.3. The minimum atomic E-state index is -3.14. The Kier molecular flexibility index (Phi) is 6.74. The second-order valence-electron chi connectivity index (χ2n) is 7.52. The lowest BCUT2D eigenvalue weighted by atomic mass is 10.1. The molecule has 4 aromatic rings. The van der Waals surface area contributed by atoms with Crippen molar-refractivity contribution < 1.29 is 26.8 Å². The minimum absolute atomic E-state index is 0.00751. The highest BCUT2D eigenvalue weighted by molar-refractivity contribution is 7.90. The van der Waals surface area contributed by atoms with Crippen molar-refractivity contribution in [2.24, 2.45) is 0 Å².